The summed E-state index contributed by atoms with van der Waals surface area (Å²) in [6, 6.07) is 0. The number of rotatable bonds is 4. The Hall–Kier alpha value is -1.89. The lowest BCUT2D eigenvalue weighted by Gasteiger charge is -2.21. The molecule has 23 heavy (non-hydrogen) atoms. The first kappa shape index (κ1) is 17.5. The maximum atomic E-state index is 4.70. The predicted octanol–water partition coefficient (Wildman–Crippen LogP) is 2.38. The maximum absolute atomic E-state index is 4.70. The molecule has 2 aromatic rings. The van der Waals surface area contributed by atoms with E-state index in [1.54, 1.807) is 18.4 Å². The fourth-order valence-electron chi connectivity index (χ4n) is 2.18. The quantitative estimate of drug-likeness (QED) is 0.689. The fourth-order valence-corrected chi connectivity index (χ4v) is 3.14. The molecule has 0 atom stereocenters. The first-order chi connectivity index (χ1) is 10.8. The minimum Gasteiger partial charge on any atom is -0.350 e. The minimum atomic E-state index is 0.0908. The second kappa shape index (κ2) is 7.12. The summed E-state index contributed by atoms with van der Waals surface area (Å²) in [6.07, 6.45) is 3.89. The van der Waals surface area contributed by atoms with Crippen LogP contribution in [0.4, 0.5) is 0 Å². The van der Waals surface area contributed by atoms with Gasteiger partial charge in [-0.3, -0.25) is 9.67 Å². The molecule has 0 aromatic carbocycles. The predicted molar refractivity (Wildman–Crippen MR) is 95.7 cm³/mol. The van der Waals surface area contributed by atoms with Crippen molar-refractivity contribution in [2.24, 2.45) is 12.0 Å². The molecular formula is C16H26N6S. The van der Waals surface area contributed by atoms with E-state index in [9.17, 15) is 0 Å². The van der Waals surface area contributed by atoms with Crippen molar-refractivity contribution in [3.8, 4) is 0 Å². The molecule has 0 aliphatic carbocycles. The van der Waals surface area contributed by atoms with E-state index in [1.165, 1.54) is 0 Å². The van der Waals surface area contributed by atoms with Gasteiger partial charge in [-0.2, -0.15) is 5.10 Å². The molecule has 0 aliphatic rings. The Labute approximate surface area is 142 Å². The largest absolute Gasteiger partial charge is 0.350 e. The highest BCUT2D eigenvalue weighted by atomic mass is 32.1. The average molecular weight is 334 g/mol. The second-order valence-corrected chi connectivity index (χ2v) is 7.60. The first-order valence-corrected chi connectivity index (χ1v) is 8.51. The van der Waals surface area contributed by atoms with E-state index in [1.807, 2.05) is 31.2 Å². The molecule has 0 fully saturated rings. The molecule has 126 valence electrons. The van der Waals surface area contributed by atoms with Crippen molar-refractivity contribution >= 4 is 17.3 Å². The zero-order valence-corrected chi connectivity index (χ0v) is 15.6. The molecule has 2 rings (SSSR count). The molecular weight excluding hydrogens is 308 g/mol. The SMILES string of the molecule is CN=C(NCc1nc(C(C)(C)C)cs1)N(C)Cc1cnn(C)c1. The standard InChI is InChI=1S/C16H26N6S/c1-16(2,3)13-11-23-14(20-13)8-18-15(17-4)21(5)9-12-7-19-22(6)10-12/h7,10-11H,8-9H2,1-6H3,(H,17,18). The van der Waals surface area contributed by atoms with Crippen LogP contribution in [0.15, 0.2) is 22.8 Å². The molecule has 1 N–H and O–H groups in total. The summed E-state index contributed by atoms with van der Waals surface area (Å²) in [5.41, 5.74) is 2.38. The van der Waals surface area contributed by atoms with Gasteiger partial charge in [0, 0.05) is 50.2 Å². The third kappa shape index (κ3) is 4.79. The monoisotopic (exact) mass is 334 g/mol. The number of guanidine groups is 1. The number of thiazole rings is 1. The van der Waals surface area contributed by atoms with Crippen molar-refractivity contribution in [3.05, 3.63) is 34.0 Å². The number of nitrogens with zero attached hydrogens (tertiary/aromatic N) is 5. The Bertz CT molecular complexity index is 664. The summed E-state index contributed by atoms with van der Waals surface area (Å²) in [7, 11) is 5.74. The van der Waals surface area contributed by atoms with Gasteiger partial charge in [0.25, 0.3) is 0 Å². The molecule has 0 aliphatic heterocycles. The van der Waals surface area contributed by atoms with Gasteiger partial charge in [-0.15, -0.1) is 11.3 Å². The van der Waals surface area contributed by atoms with Crippen molar-refractivity contribution < 1.29 is 0 Å². The number of hydrogen-bond acceptors (Lipinski definition) is 4. The lowest BCUT2D eigenvalue weighted by molar-refractivity contribution is 0.476. The van der Waals surface area contributed by atoms with Crippen LogP contribution in [0.2, 0.25) is 0 Å². The first-order valence-electron chi connectivity index (χ1n) is 7.64. The fraction of sp³-hybridized carbons (Fsp3) is 0.562. The average Bonchev–Trinajstić information content (AvgIpc) is 3.08. The summed E-state index contributed by atoms with van der Waals surface area (Å²) in [5.74, 6) is 0.848. The smallest absolute Gasteiger partial charge is 0.194 e. The molecule has 0 bridgehead atoms. The van der Waals surface area contributed by atoms with Crippen LogP contribution in [-0.4, -0.2) is 39.7 Å². The van der Waals surface area contributed by atoms with Gasteiger partial charge in [0.15, 0.2) is 5.96 Å². The van der Waals surface area contributed by atoms with Gasteiger partial charge in [0.2, 0.25) is 0 Å². The van der Waals surface area contributed by atoms with E-state index in [2.05, 4.69) is 46.5 Å². The summed E-state index contributed by atoms with van der Waals surface area (Å²) in [6.45, 7) is 7.99. The van der Waals surface area contributed by atoms with E-state index in [-0.39, 0.29) is 5.41 Å². The topological polar surface area (TPSA) is 58.3 Å². The van der Waals surface area contributed by atoms with Gasteiger partial charge in [0.1, 0.15) is 5.01 Å². The number of hydrogen-bond donors (Lipinski definition) is 1. The summed E-state index contributed by atoms with van der Waals surface area (Å²) in [4.78, 5) is 11.1. The number of aliphatic imine (C=N–C) groups is 1. The highest BCUT2D eigenvalue weighted by Gasteiger charge is 2.17. The second-order valence-electron chi connectivity index (χ2n) is 6.66. The molecule has 2 aromatic heterocycles. The highest BCUT2D eigenvalue weighted by molar-refractivity contribution is 7.09. The minimum absolute atomic E-state index is 0.0908. The summed E-state index contributed by atoms with van der Waals surface area (Å²) in [5, 5.41) is 10.8. The molecule has 0 saturated carbocycles. The normalized spacial score (nSPS) is 12.5. The van der Waals surface area contributed by atoms with E-state index in [0.29, 0.717) is 6.54 Å². The Morgan fingerprint density at radius 1 is 1.43 bits per heavy atom. The third-order valence-electron chi connectivity index (χ3n) is 3.47. The molecule has 2 heterocycles. The molecule has 0 spiro atoms. The number of nitrogens with one attached hydrogen (secondary N) is 1. The van der Waals surface area contributed by atoms with E-state index >= 15 is 0 Å². The Morgan fingerprint density at radius 2 is 2.17 bits per heavy atom. The molecule has 0 saturated heterocycles. The maximum Gasteiger partial charge on any atom is 0.194 e. The van der Waals surface area contributed by atoms with Crippen molar-refractivity contribution in [2.75, 3.05) is 14.1 Å². The van der Waals surface area contributed by atoms with Crippen LogP contribution in [0.25, 0.3) is 0 Å². The number of aryl methyl sites for hydroxylation is 1. The Morgan fingerprint density at radius 3 is 2.70 bits per heavy atom. The zero-order chi connectivity index (χ0) is 17.0. The van der Waals surface area contributed by atoms with Crippen LogP contribution in [-0.2, 0) is 25.6 Å². The van der Waals surface area contributed by atoms with E-state index in [0.717, 1.165) is 28.8 Å². The molecule has 0 unspecified atom stereocenters. The lowest BCUT2D eigenvalue weighted by Crippen LogP contribution is -2.38. The van der Waals surface area contributed by atoms with Gasteiger partial charge in [-0.1, -0.05) is 20.8 Å². The number of aromatic nitrogens is 3. The van der Waals surface area contributed by atoms with E-state index < -0.39 is 0 Å². The summed E-state index contributed by atoms with van der Waals surface area (Å²) >= 11 is 1.69. The van der Waals surface area contributed by atoms with Crippen molar-refractivity contribution in [2.45, 2.75) is 39.3 Å². The zero-order valence-electron chi connectivity index (χ0n) is 14.8. The van der Waals surface area contributed by atoms with Gasteiger partial charge < -0.3 is 10.2 Å². The van der Waals surface area contributed by atoms with Crippen LogP contribution in [0.3, 0.4) is 0 Å². The van der Waals surface area contributed by atoms with Gasteiger partial charge in [-0.05, 0) is 0 Å². The Kier molecular flexibility index (Phi) is 5.41. The van der Waals surface area contributed by atoms with Crippen LogP contribution in [0, 0.1) is 0 Å². The Balaban J connectivity index is 1.93. The van der Waals surface area contributed by atoms with Gasteiger partial charge in [0.05, 0.1) is 18.4 Å². The van der Waals surface area contributed by atoms with Crippen molar-refractivity contribution in [1.82, 2.24) is 25.0 Å². The van der Waals surface area contributed by atoms with Crippen LogP contribution in [0.1, 0.15) is 37.0 Å². The molecule has 0 amide bonds. The summed E-state index contributed by atoms with van der Waals surface area (Å²) < 4.78 is 1.81. The van der Waals surface area contributed by atoms with Crippen LogP contribution >= 0.6 is 11.3 Å². The van der Waals surface area contributed by atoms with Crippen LogP contribution < -0.4 is 5.32 Å². The van der Waals surface area contributed by atoms with E-state index in [4.69, 9.17) is 4.98 Å². The van der Waals surface area contributed by atoms with Crippen LogP contribution in [0.5, 0.6) is 0 Å². The van der Waals surface area contributed by atoms with Gasteiger partial charge >= 0.3 is 0 Å². The lowest BCUT2D eigenvalue weighted by atomic mass is 9.93. The highest BCUT2D eigenvalue weighted by Crippen LogP contribution is 2.23. The van der Waals surface area contributed by atoms with Gasteiger partial charge in [-0.25, -0.2) is 4.98 Å². The third-order valence-corrected chi connectivity index (χ3v) is 4.32. The van der Waals surface area contributed by atoms with Crippen molar-refractivity contribution in [1.29, 1.82) is 0 Å². The molecule has 7 heteroatoms. The van der Waals surface area contributed by atoms with Crippen molar-refractivity contribution in [3.63, 3.8) is 0 Å². The molecule has 0 radical (unpaired) electrons. The molecule has 6 nitrogen and oxygen atoms in total.